The number of H-pyrrole nitrogens is 1. The molecule has 1 unspecified atom stereocenters. The number of imidazole rings is 1. The van der Waals surface area contributed by atoms with Crippen LogP contribution < -0.4 is 0 Å². The standard InChI is InChI=1S/C19H19BrN2O2/c20-16-8-4-7-15(17-11-21-13-22-17)19(16)18(23)9-10-24-12-14-5-2-1-3-6-14/h1-8,11,13,18,23H,9-10,12H2,(H,21,22). The molecule has 1 heterocycles. The number of ether oxygens (including phenoxy) is 1. The van der Waals surface area contributed by atoms with E-state index < -0.39 is 6.10 Å². The van der Waals surface area contributed by atoms with Crippen LogP contribution in [0.3, 0.4) is 0 Å². The van der Waals surface area contributed by atoms with Crippen LogP contribution in [0.15, 0.2) is 65.5 Å². The molecular weight excluding hydrogens is 368 g/mol. The highest BCUT2D eigenvalue weighted by molar-refractivity contribution is 9.10. The molecule has 24 heavy (non-hydrogen) atoms. The summed E-state index contributed by atoms with van der Waals surface area (Å²) in [5.74, 6) is 0. The predicted molar refractivity (Wildman–Crippen MR) is 97.4 cm³/mol. The van der Waals surface area contributed by atoms with Crippen LogP contribution in [0.5, 0.6) is 0 Å². The van der Waals surface area contributed by atoms with Gasteiger partial charge in [-0.1, -0.05) is 58.4 Å². The first kappa shape index (κ1) is 16.9. The zero-order valence-electron chi connectivity index (χ0n) is 13.2. The zero-order valence-corrected chi connectivity index (χ0v) is 14.7. The van der Waals surface area contributed by atoms with Crippen molar-refractivity contribution in [3.63, 3.8) is 0 Å². The van der Waals surface area contributed by atoms with Gasteiger partial charge in [-0.3, -0.25) is 0 Å². The first-order valence-electron chi connectivity index (χ1n) is 7.82. The number of hydrogen-bond donors (Lipinski definition) is 2. The average Bonchev–Trinajstić information content (AvgIpc) is 3.14. The number of aromatic nitrogens is 2. The Hall–Kier alpha value is -1.95. The highest BCUT2D eigenvalue weighted by Crippen LogP contribution is 2.34. The molecule has 5 heteroatoms. The van der Waals surface area contributed by atoms with Crippen molar-refractivity contribution in [2.75, 3.05) is 6.61 Å². The van der Waals surface area contributed by atoms with Gasteiger partial charge in [0.25, 0.3) is 0 Å². The summed E-state index contributed by atoms with van der Waals surface area (Å²) in [6.07, 6.45) is 3.30. The molecule has 0 aliphatic rings. The van der Waals surface area contributed by atoms with E-state index in [9.17, 15) is 5.11 Å². The summed E-state index contributed by atoms with van der Waals surface area (Å²) in [5.41, 5.74) is 3.81. The quantitative estimate of drug-likeness (QED) is 0.588. The molecule has 0 bridgehead atoms. The fraction of sp³-hybridized carbons (Fsp3) is 0.211. The van der Waals surface area contributed by atoms with Crippen LogP contribution in [0.2, 0.25) is 0 Å². The smallest absolute Gasteiger partial charge is 0.0924 e. The van der Waals surface area contributed by atoms with Crippen molar-refractivity contribution in [3.05, 3.63) is 76.7 Å². The fourth-order valence-electron chi connectivity index (χ4n) is 2.62. The van der Waals surface area contributed by atoms with Crippen molar-refractivity contribution in [2.45, 2.75) is 19.1 Å². The lowest BCUT2D eigenvalue weighted by molar-refractivity contribution is 0.0732. The largest absolute Gasteiger partial charge is 0.388 e. The summed E-state index contributed by atoms with van der Waals surface area (Å²) in [6, 6.07) is 15.9. The van der Waals surface area contributed by atoms with Crippen LogP contribution in [0.1, 0.15) is 23.7 Å². The molecule has 0 spiro atoms. The van der Waals surface area contributed by atoms with Crippen molar-refractivity contribution in [1.29, 1.82) is 0 Å². The normalized spacial score (nSPS) is 12.2. The van der Waals surface area contributed by atoms with E-state index >= 15 is 0 Å². The van der Waals surface area contributed by atoms with Crippen LogP contribution in [-0.2, 0) is 11.3 Å². The maximum atomic E-state index is 10.6. The minimum absolute atomic E-state index is 0.486. The number of aliphatic hydroxyl groups excluding tert-OH is 1. The molecule has 0 saturated heterocycles. The Morgan fingerprint density at radius 1 is 1.12 bits per heavy atom. The lowest BCUT2D eigenvalue weighted by atomic mass is 9.98. The molecule has 124 valence electrons. The van der Waals surface area contributed by atoms with Gasteiger partial charge in [0.15, 0.2) is 0 Å². The maximum Gasteiger partial charge on any atom is 0.0924 e. The molecule has 2 N–H and O–H groups in total. The van der Waals surface area contributed by atoms with Crippen molar-refractivity contribution < 1.29 is 9.84 Å². The topological polar surface area (TPSA) is 58.1 Å². The van der Waals surface area contributed by atoms with Gasteiger partial charge in [0.1, 0.15) is 0 Å². The summed E-state index contributed by atoms with van der Waals surface area (Å²) in [4.78, 5) is 7.15. The van der Waals surface area contributed by atoms with Gasteiger partial charge in [-0.05, 0) is 11.6 Å². The van der Waals surface area contributed by atoms with Crippen molar-refractivity contribution in [3.8, 4) is 11.3 Å². The summed E-state index contributed by atoms with van der Waals surface area (Å²) in [6.45, 7) is 1.04. The molecule has 1 atom stereocenters. The van der Waals surface area contributed by atoms with Gasteiger partial charge in [0, 0.05) is 28.6 Å². The molecule has 0 fully saturated rings. The number of nitrogens with one attached hydrogen (secondary N) is 1. The first-order chi connectivity index (χ1) is 11.8. The van der Waals surface area contributed by atoms with Crippen LogP contribution in [0, 0.1) is 0 Å². The second-order valence-electron chi connectivity index (χ2n) is 5.51. The molecule has 1 aromatic heterocycles. The Bertz CT molecular complexity index is 760. The third kappa shape index (κ3) is 4.12. The molecule has 4 nitrogen and oxygen atoms in total. The second-order valence-corrected chi connectivity index (χ2v) is 6.36. The van der Waals surface area contributed by atoms with E-state index in [1.54, 1.807) is 12.5 Å². The molecule has 2 aromatic carbocycles. The van der Waals surface area contributed by atoms with E-state index in [0.29, 0.717) is 19.6 Å². The van der Waals surface area contributed by atoms with Gasteiger partial charge in [0.2, 0.25) is 0 Å². The summed E-state index contributed by atoms with van der Waals surface area (Å²) in [5, 5.41) is 10.6. The number of aliphatic hydroxyl groups is 1. The van der Waals surface area contributed by atoms with Crippen molar-refractivity contribution in [1.82, 2.24) is 9.97 Å². The minimum atomic E-state index is -0.616. The Morgan fingerprint density at radius 2 is 1.96 bits per heavy atom. The number of benzene rings is 2. The Labute approximate surface area is 149 Å². The van der Waals surface area contributed by atoms with Crippen LogP contribution in [0.25, 0.3) is 11.3 Å². The summed E-state index contributed by atoms with van der Waals surface area (Å²) in [7, 11) is 0. The zero-order chi connectivity index (χ0) is 16.8. The average molecular weight is 387 g/mol. The fourth-order valence-corrected chi connectivity index (χ4v) is 3.25. The van der Waals surface area contributed by atoms with Gasteiger partial charge in [-0.25, -0.2) is 4.98 Å². The van der Waals surface area contributed by atoms with E-state index in [1.165, 1.54) is 0 Å². The highest BCUT2D eigenvalue weighted by atomic mass is 79.9. The predicted octanol–water partition coefficient (Wildman–Crippen LogP) is 4.48. The molecule has 0 aliphatic heterocycles. The number of halogens is 1. The number of nitrogens with zero attached hydrogens (tertiary/aromatic N) is 1. The van der Waals surface area contributed by atoms with E-state index in [-0.39, 0.29) is 0 Å². The van der Waals surface area contributed by atoms with Crippen LogP contribution >= 0.6 is 15.9 Å². The summed E-state index contributed by atoms with van der Waals surface area (Å²) < 4.78 is 6.57. The maximum absolute atomic E-state index is 10.6. The SMILES string of the molecule is OC(CCOCc1ccccc1)c1c(Br)cccc1-c1cnc[nH]1. The molecule has 0 saturated carbocycles. The molecule has 3 aromatic rings. The molecule has 0 radical (unpaired) electrons. The van der Waals surface area contributed by atoms with Crippen molar-refractivity contribution in [2.24, 2.45) is 0 Å². The van der Waals surface area contributed by atoms with Gasteiger partial charge in [-0.15, -0.1) is 0 Å². The molecule has 0 amide bonds. The van der Waals surface area contributed by atoms with Crippen LogP contribution in [-0.4, -0.2) is 21.7 Å². The minimum Gasteiger partial charge on any atom is -0.388 e. The third-order valence-electron chi connectivity index (χ3n) is 3.82. The monoisotopic (exact) mass is 386 g/mol. The van der Waals surface area contributed by atoms with E-state index in [0.717, 1.165) is 26.9 Å². The summed E-state index contributed by atoms with van der Waals surface area (Å²) >= 11 is 3.54. The number of aromatic amines is 1. The van der Waals surface area contributed by atoms with Gasteiger partial charge in [-0.2, -0.15) is 0 Å². The lowest BCUT2D eigenvalue weighted by Gasteiger charge is -2.17. The van der Waals surface area contributed by atoms with Crippen LogP contribution in [0.4, 0.5) is 0 Å². The van der Waals surface area contributed by atoms with E-state index in [4.69, 9.17) is 4.74 Å². The molecule has 3 rings (SSSR count). The van der Waals surface area contributed by atoms with E-state index in [1.807, 2.05) is 48.5 Å². The number of rotatable bonds is 7. The lowest BCUT2D eigenvalue weighted by Crippen LogP contribution is -2.06. The molecular formula is C19H19BrN2O2. The second kappa shape index (κ2) is 8.24. The van der Waals surface area contributed by atoms with Gasteiger partial charge >= 0.3 is 0 Å². The van der Waals surface area contributed by atoms with Gasteiger partial charge < -0.3 is 14.8 Å². The Kier molecular flexibility index (Phi) is 5.80. The Balaban J connectivity index is 1.64. The Morgan fingerprint density at radius 3 is 2.71 bits per heavy atom. The third-order valence-corrected chi connectivity index (χ3v) is 4.51. The van der Waals surface area contributed by atoms with Crippen molar-refractivity contribution >= 4 is 15.9 Å². The van der Waals surface area contributed by atoms with E-state index in [2.05, 4.69) is 25.9 Å². The molecule has 0 aliphatic carbocycles. The first-order valence-corrected chi connectivity index (χ1v) is 8.62. The highest BCUT2D eigenvalue weighted by Gasteiger charge is 2.17. The van der Waals surface area contributed by atoms with Gasteiger partial charge in [0.05, 0.1) is 30.9 Å². The number of hydrogen-bond acceptors (Lipinski definition) is 3.